The second-order valence-electron chi connectivity index (χ2n) is 6.48. The van der Waals surface area contributed by atoms with Crippen molar-refractivity contribution in [1.29, 1.82) is 0 Å². The van der Waals surface area contributed by atoms with E-state index in [4.69, 9.17) is 0 Å². The topological polar surface area (TPSA) is 39.3 Å². The number of nitrogens with zero attached hydrogens (tertiary/aromatic N) is 2. The molecule has 0 unspecified atom stereocenters. The van der Waals surface area contributed by atoms with Crippen LogP contribution in [0.1, 0.15) is 37.4 Å². The fraction of sp³-hybridized carbons (Fsp3) is 0.688. The number of hydrogen-bond acceptors (Lipinski definition) is 2. The Morgan fingerprint density at radius 1 is 1.22 bits per heavy atom. The van der Waals surface area contributed by atoms with E-state index in [1.807, 2.05) is 23.2 Å². The molecule has 128 valence electrons. The normalized spacial score (nSPS) is 24.3. The van der Waals surface area contributed by atoms with E-state index in [2.05, 4.69) is 4.98 Å². The van der Waals surface area contributed by atoms with Crippen LogP contribution in [0, 0.1) is 5.92 Å². The van der Waals surface area contributed by atoms with Crippen molar-refractivity contribution < 1.29 is 18.0 Å². The number of carbonyl (C=O) groups is 1. The van der Waals surface area contributed by atoms with Gasteiger partial charge in [-0.3, -0.25) is 9.69 Å². The molecule has 0 radical (unpaired) electrons. The minimum Gasteiger partial charge on any atom is -0.363 e. The molecule has 1 aromatic heterocycles. The van der Waals surface area contributed by atoms with Crippen molar-refractivity contribution in [2.24, 2.45) is 5.92 Å². The first-order valence-corrected chi connectivity index (χ1v) is 8.17. The van der Waals surface area contributed by atoms with Gasteiger partial charge in [-0.25, -0.2) is 0 Å². The molecule has 3 rings (SSSR count). The van der Waals surface area contributed by atoms with E-state index in [0.717, 1.165) is 25.1 Å². The highest BCUT2D eigenvalue weighted by Crippen LogP contribution is 2.34. The van der Waals surface area contributed by atoms with Crippen LogP contribution >= 0.6 is 0 Å². The monoisotopic (exact) mass is 329 g/mol. The van der Waals surface area contributed by atoms with Gasteiger partial charge in [-0.1, -0.05) is 0 Å². The molecule has 0 aromatic carbocycles. The van der Waals surface area contributed by atoms with Crippen LogP contribution in [0.25, 0.3) is 0 Å². The maximum atomic E-state index is 12.8. The van der Waals surface area contributed by atoms with E-state index in [1.165, 1.54) is 4.90 Å². The molecular formula is C16H22F3N3O. The molecule has 2 aliphatic heterocycles. The summed E-state index contributed by atoms with van der Waals surface area (Å²) in [5, 5.41) is 0. The van der Waals surface area contributed by atoms with Crippen LogP contribution in [-0.4, -0.2) is 53.0 Å². The Morgan fingerprint density at radius 3 is 2.57 bits per heavy atom. The molecule has 7 heteroatoms. The summed E-state index contributed by atoms with van der Waals surface area (Å²) in [7, 11) is 0. The number of likely N-dealkylation sites (tertiary alicyclic amines) is 2. The van der Waals surface area contributed by atoms with Crippen LogP contribution in [-0.2, 0) is 4.79 Å². The van der Waals surface area contributed by atoms with Gasteiger partial charge in [-0.2, -0.15) is 13.2 Å². The Labute approximate surface area is 133 Å². The number of H-pyrrole nitrogens is 1. The van der Waals surface area contributed by atoms with E-state index < -0.39 is 12.7 Å². The molecule has 1 atom stereocenters. The number of carbonyl (C=O) groups excluding carboxylic acids is 1. The molecule has 0 bridgehead atoms. The van der Waals surface area contributed by atoms with Crippen molar-refractivity contribution >= 4 is 5.91 Å². The summed E-state index contributed by atoms with van der Waals surface area (Å²) in [6.45, 7) is 0.557. The molecular weight excluding hydrogens is 307 g/mol. The summed E-state index contributed by atoms with van der Waals surface area (Å²) in [4.78, 5) is 19.3. The fourth-order valence-corrected chi connectivity index (χ4v) is 3.73. The number of alkyl halides is 3. The smallest absolute Gasteiger partial charge is 0.363 e. The van der Waals surface area contributed by atoms with E-state index in [9.17, 15) is 18.0 Å². The molecule has 1 amide bonds. The van der Waals surface area contributed by atoms with Gasteiger partial charge in [0, 0.05) is 24.4 Å². The zero-order chi connectivity index (χ0) is 16.4. The van der Waals surface area contributed by atoms with Crippen molar-refractivity contribution in [3.8, 4) is 0 Å². The number of piperidine rings is 1. The predicted octanol–water partition coefficient (Wildman–Crippen LogP) is 2.95. The zero-order valence-corrected chi connectivity index (χ0v) is 13.0. The molecule has 2 fully saturated rings. The van der Waals surface area contributed by atoms with Gasteiger partial charge in [0.05, 0.1) is 12.6 Å². The molecule has 2 saturated heterocycles. The maximum absolute atomic E-state index is 12.8. The molecule has 0 aliphatic carbocycles. The van der Waals surface area contributed by atoms with Crippen LogP contribution in [0.4, 0.5) is 13.2 Å². The summed E-state index contributed by atoms with van der Waals surface area (Å²) in [6, 6.07) is 4.00. The summed E-state index contributed by atoms with van der Waals surface area (Å²) < 4.78 is 37.3. The lowest BCUT2D eigenvalue weighted by Crippen LogP contribution is -2.44. The van der Waals surface area contributed by atoms with Crippen LogP contribution in [0.5, 0.6) is 0 Å². The molecule has 23 heavy (non-hydrogen) atoms. The Kier molecular flexibility index (Phi) is 4.66. The first kappa shape index (κ1) is 16.4. The van der Waals surface area contributed by atoms with Gasteiger partial charge in [-0.15, -0.1) is 0 Å². The Balaban J connectivity index is 1.57. The first-order chi connectivity index (χ1) is 10.9. The summed E-state index contributed by atoms with van der Waals surface area (Å²) >= 11 is 0. The van der Waals surface area contributed by atoms with Gasteiger partial charge in [0.15, 0.2) is 0 Å². The van der Waals surface area contributed by atoms with Crippen molar-refractivity contribution in [1.82, 2.24) is 14.8 Å². The third-order valence-electron chi connectivity index (χ3n) is 4.86. The highest BCUT2D eigenvalue weighted by Gasteiger charge is 2.37. The van der Waals surface area contributed by atoms with Crippen LogP contribution < -0.4 is 0 Å². The number of amides is 1. The largest absolute Gasteiger partial charge is 0.401 e. The SMILES string of the molecule is O=C(C1CCN(CC(F)(F)F)CC1)N1CCC[C@@H]1c1ccc[nH]1. The number of aromatic nitrogens is 1. The molecule has 1 N–H and O–H groups in total. The quantitative estimate of drug-likeness (QED) is 0.926. The number of halogens is 3. The average molecular weight is 329 g/mol. The number of aromatic amines is 1. The van der Waals surface area contributed by atoms with Crippen LogP contribution in [0.2, 0.25) is 0 Å². The van der Waals surface area contributed by atoms with E-state index in [-0.39, 0.29) is 17.9 Å². The maximum Gasteiger partial charge on any atom is 0.401 e. The molecule has 4 nitrogen and oxygen atoms in total. The standard InChI is InChI=1S/C16H22F3N3O/c17-16(18,19)11-21-9-5-12(6-10-21)15(23)22-8-2-4-14(22)13-3-1-7-20-13/h1,3,7,12,14,20H,2,4-6,8-11H2/t14-/m1/s1. The van der Waals surface area contributed by atoms with E-state index in [0.29, 0.717) is 25.9 Å². The molecule has 2 aliphatic rings. The Hall–Kier alpha value is -1.50. The molecule has 0 spiro atoms. The zero-order valence-electron chi connectivity index (χ0n) is 13.0. The summed E-state index contributed by atoms with van der Waals surface area (Å²) in [5.74, 6) is -0.0381. The van der Waals surface area contributed by atoms with Crippen molar-refractivity contribution in [2.45, 2.75) is 37.9 Å². The van der Waals surface area contributed by atoms with Crippen molar-refractivity contribution in [3.63, 3.8) is 0 Å². The second-order valence-corrected chi connectivity index (χ2v) is 6.48. The lowest BCUT2D eigenvalue weighted by atomic mass is 9.94. The van der Waals surface area contributed by atoms with Crippen LogP contribution in [0.3, 0.4) is 0 Å². The van der Waals surface area contributed by atoms with Crippen LogP contribution in [0.15, 0.2) is 18.3 Å². The minimum atomic E-state index is -4.16. The lowest BCUT2D eigenvalue weighted by Gasteiger charge is -2.35. The third-order valence-corrected chi connectivity index (χ3v) is 4.86. The average Bonchev–Trinajstić information content (AvgIpc) is 3.16. The molecule has 3 heterocycles. The van der Waals surface area contributed by atoms with Gasteiger partial charge < -0.3 is 9.88 Å². The first-order valence-electron chi connectivity index (χ1n) is 8.17. The second kappa shape index (κ2) is 6.55. The summed E-state index contributed by atoms with van der Waals surface area (Å²) in [6.07, 6.45) is 0.643. The fourth-order valence-electron chi connectivity index (χ4n) is 3.73. The Morgan fingerprint density at radius 2 is 1.96 bits per heavy atom. The third kappa shape index (κ3) is 3.88. The highest BCUT2D eigenvalue weighted by atomic mass is 19.4. The van der Waals surface area contributed by atoms with Gasteiger partial charge in [0.25, 0.3) is 0 Å². The number of nitrogens with one attached hydrogen (secondary N) is 1. The molecule has 1 aromatic rings. The van der Waals surface area contributed by atoms with Gasteiger partial charge in [0.2, 0.25) is 5.91 Å². The predicted molar refractivity (Wildman–Crippen MR) is 79.7 cm³/mol. The highest BCUT2D eigenvalue weighted by molar-refractivity contribution is 5.79. The minimum absolute atomic E-state index is 0.0886. The van der Waals surface area contributed by atoms with Gasteiger partial charge in [0.1, 0.15) is 0 Å². The summed E-state index contributed by atoms with van der Waals surface area (Å²) in [5.41, 5.74) is 1.05. The van der Waals surface area contributed by atoms with E-state index in [1.54, 1.807) is 0 Å². The van der Waals surface area contributed by atoms with Crippen molar-refractivity contribution in [2.75, 3.05) is 26.2 Å². The van der Waals surface area contributed by atoms with Gasteiger partial charge in [-0.05, 0) is 50.9 Å². The van der Waals surface area contributed by atoms with E-state index >= 15 is 0 Å². The number of rotatable bonds is 3. The Bertz CT molecular complexity index is 521. The van der Waals surface area contributed by atoms with Crippen molar-refractivity contribution in [3.05, 3.63) is 24.0 Å². The molecule has 0 saturated carbocycles. The lowest BCUT2D eigenvalue weighted by molar-refractivity contribution is -0.151. The number of hydrogen-bond donors (Lipinski definition) is 1. The van der Waals surface area contributed by atoms with Gasteiger partial charge >= 0.3 is 6.18 Å².